The second-order valence-electron chi connectivity index (χ2n) is 4.80. The molecule has 1 saturated carbocycles. The number of oxime groups is 1. The van der Waals surface area contributed by atoms with E-state index in [9.17, 15) is 4.79 Å². The number of amidine groups is 1. The number of hydrogen-bond donors (Lipinski definition) is 3. The van der Waals surface area contributed by atoms with Crippen LogP contribution < -0.4 is 11.1 Å². The standard InChI is InChI=1S/C13H16BrN3O2/c1-7(8-2-3-8)13(18)16-11-5-4-9(6-10(11)14)12(15)17-19/h4-8,19H,2-3H2,1H3,(H2,15,17)(H,16,18). The summed E-state index contributed by atoms with van der Waals surface area (Å²) in [7, 11) is 0. The van der Waals surface area contributed by atoms with Crippen LogP contribution in [0, 0.1) is 11.8 Å². The molecule has 0 saturated heterocycles. The quantitative estimate of drug-likeness (QED) is 0.344. The van der Waals surface area contributed by atoms with Gasteiger partial charge in [0.15, 0.2) is 5.84 Å². The Morgan fingerprint density at radius 1 is 1.58 bits per heavy atom. The van der Waals surface area contributed by atoms with Gasteiger partial charge in [0.1, 0.15) is 0 Å². The molecule has 1 unspecified atom stereocenters. The predicted octanol–water partition coefficient (Wildman–Crippen LogP) is 2.53. The molecule has 4 N–H and O–H groups in total. The van der Waals surface area contributed by atoms with E-state index in [2.05, 4.69) is 26.4 Å². The Morgan fingerprint density at radius 2 is 2.26 bits per heavy atom. The molecular weight excluding hydrogens is 310 g/mol. The summed E-state index contributed by atoms with van der Waals surface area (Å²) >= 11 is 3.37. The summed E-state index contributed by atoms with van der Waals surface area (Å²) in [6, 6.07) is 5.12. The molecule has 1 aromatic carbocycles. The van der Waals surface area contributed by atoms with Crippen molar-refractivity contribution in [2.45, 2.75) is 19.8 Å². The molecule has 1 aliphatic carbocycles. The van der Waals surface area contributed by atoms with Crippen LogP contribution in [0.5, 0.6) is 0 Å². The molecule has 0 aromatic heterocycles. The predicted molar refractivity (Wildman–Crippen MR) is 77.2 cm³/mol. The van der Waals surface area contributed by atoms with Crippen molar-refractivity contribution in [2.24, 2.45) is 22.7 Å². The van der Waals surface area contributed by atoms with Crippen LogP contribution in [0.2, 0.25) is 0 Å². The fourth-order valence-electron chi connectivity index (χ4n) is 1.89. The lowest BCUT2D eigenvalue weighted by Gasteiger charge is -2.13. The molecule has 6 heteroatoms. The van der Waals surface area contributed by atoms with Crippen LogP contribution in [0.15, 0.2) is 27.8 Å². The molecular formula is C13H16BrN3O2. The van der Waals surface area contributed by atoms with Crippen LogP contribution >= 0.6 is 15.9 Å². The van der Waals surface area contributed by atoms with Crippen LogP contribution in [0.4, 0.5) is 5.69 Å². The van der Waals surface area contributed by atoms with E-state index in [1.165, 1.54) is 0 Å². The molecule has 1 atom stereocenters. The lowest BCUT2D eigenvalue weighted by molar-refractivity contribution is -0.119. The van der Waals surface area contributed by atoms with Crippen molar-refractivity contribution in [1.82, 2.24) is 0 Å². The molecule has 102 valence electrons. The molecule has 0 heterocycles. The van der Waals surface area contributed by atoms with E-state index in [1.807, 2.05) is 6.92 Å². The van der Waals surface area contributed by atoms with Crippen LogP contribution in [-0.4, -0.2) is 17.0 Å². The first-order valence-corrected chi connectivity index (χ1v) is 6.90. The normalized spacial score (nSPS) is 17.1. The highest BCUT2D eigenvalue weighted by Gasteiger charge is 2.32. The number of amides is 1. The van der Waals surface area contributed by atoms with E-state index in [0.29, 0.717) is 21.6 Å². The second-order valence-corrected chi connectivity index (χ2v) is 5.65. The number of carbonyl (C=O) groups excluding carboxylic acids is 1. The van der Waals surface area contributed by atoms with Gasteiger partial charge in [-0.2, -0.15) is 0 Å². The highest BCUT2D eigenvalue weighted by molar-refractivity contribution is 9.10. The minimum Gasteiger partial charge on any atom is -0.409 e. The molecule has 1 aliphatic rings. The third-order valence-corrected chi connectivity index (χ3v) is 4.03. The molecule has 5 nitrogen and oxygen atoms in total. The zero-order chi connectivity index (χ0) is 14.0. The first-order chi connectivity index (χ1) is 9.02. The highest BCUT2D eigenvalue weighted by Crippen LogP contribution is 2.37. The van der Waals surface area contributed by atoms with E-state index < -0.39 is 0 Å². The molecule has 0 bridgehead atoms. The fraction of sp³-hybridized carbons (Fsp3) is 0.385. The van der Waals surface area contributed by atoms with E-state index in [-0.39, 0.29) is 17.7 Å². The molecule has 2 rings (SSSR count). The van der Waals surface area contributed by atoms with Gasteiger partial charge in [-0.3, -0.25) is 4.79 Å². The summed E-state index contributed by atoms with van der Waals surface area (Å²) in [5.74, 6) is 0.621. The number of anilines is 1. The number of nitrogens with one attached hydrogen (secondary N) is 1. The maximum absolute atomic E-state index is 12.0. The average molecular weight is 326 g/mol. The average Bonchev–Trinajstić information content (AvgIpc) is 3.23. The van der Waals surface area contributed by atoms with Gasteiger partial charge in [-0.15, -0.1) is 0 Å². The summed E-state index contributed by atoms with van der Waals surface area (Å²) in [5.41, 5.74) is 6.78. The number of carbonyl (C=O) groups is 1. The Hall–Kier alpha value is -1.56. The number of rotatable bonds is 4. The summed E-state index contributed by atoms with van der Waals surface area (Å²) in [5, 5.41) is 14.4. The smallest absolute Gasteiger partial charge is 0.227 e. The number of hydrogen-bond acceptors (Lipinski definition) is 3. The lowest BCUT2D eigenvalue weighted by atomic mass is 10.1. The Balaban J connectivity index is 2.10. The van der Waals surface area contributed by atoms with Crippen molar-refractivity contribution in [2.75, 3.05) is 5.32 Å². The van der Waals surface area contributed by atoms with Gasteiger partial charge in [0.05, 0.1) is 5.69 Å². The van der Waals surface area contributed by atoms with E-state index >= 15 is 0 Å². The Morgan fingerprint density at radius 3 is 2.79 bits per heavy atom. The monoisotopic (exact) mass is 325 g/mol. The van der Waals surface area contributed by atoms with Crippen molar-refractivity contribution < 1.29 is 10.0 Å². The first-order valence-electron chi connectivity index (χ1n) is 6.11. The zero-order valence-electron chi connectivity index (χ0n) is 10.6. The van der Waals surface area contributed by atoms with Gasteiger partial charge >= 0.3 is 0 Å². The highest BCUT2D eigenvalue weighted by atomic mass is 79.9. The fourth-order valence-corrected chi connectivity index (χ4v) is 2.37. The Labute approximate surface area is 120 Å². The largest absolute Gasteiger partial charge is 0.409 e. The molecule has 0 radical (unpaired) electrons. The molecule has 1 aromatic rings. The molecule has 1 fully saturated rings. The van der Waals surface area contributed by atoms with Crippen molar-refractivity contribution in [1.29, 1.82) is 0 Å². The van der Waals surface area contributed by atoms with Crippen LogP contribution in [-0.2, 0) is 4.79 Å². The molecule has 0 aliphatic heterocycles. The minimum absolute atomic E-state index is 0.0275. The summed E-state index contributed by atoms with van der Waals surface area (Å²) in [6.07, 6.45) is 2.27. The van der Waals surface area contributed by atoms with Gasteiger partial charge in [0.25, 0.3) is 0 Å². The van der Waals surface area contributed by atoms with E-state index in [0.717, 1.165) is 12.8 Å². The van der Waals surface area contributed by atoms with E-state index in [4.69, 9.17) is 10.9 Å². The number of benzene rings is 1. The van der Waals surface area contributed by atoms with Crippen LogP contribution in [0.3, 0.4) is 0 Å². The number of nitrogens with two attached hydrogens (primary N) is 1. The topological polar surface area (TPSA) is 87.7 Å². The maximum atomic E-state index is 12.0. The SMILES string of the molecule is CC(C(=O)Nc1ccc(/C(N)=N/O)cc1Br)C1CC1. The molecule has 0 spiro atoms. The number of halogens is 1. The van der Waals surface area contributed by atoms with Crippen molar-refractivity contribution in [3.05, 3.63) is 28.2 Å². The van der Waals surface area contributed by atoms with Gasteiger partial charge in [-0.25, -0.2) is 0 Å². The Bertz CT molecular complexity index is 527. The van der Waals surface area contributed by atoms with Gasteiger partial charge in [-0.1, -0.05) is 12.1 Å². The second kappa shape index (κ2) is 5.61. The summed E-state index contributed by atoms with van der Waals surface area (Å²) in [6.45, 7) is 1.95. The molecule has 19 heavy (non-hydrogen) atoms. The van der Waals surface area contributed by atoms with Gasteiger partial charge < -0.3 is 16.3 Å². The summed E-state index contributed by atoms with van der Waals surface area (Å²) < 4.78 is 0.702. The minimum atomic E-state index is 0.0275. The first kappa shape index (κ1) is 13.9. The van der Waals surface area contributed by atoms with Crippen molar-refractivity contribution in [3.63, 3.8) is 0 Å². The third kappa shape index (κ3) is 3.26. The van der Waals surface area contributed by atoms with Crippen molar-refractivity contribution in [3.8, 4) is 0 Å². The van der Waals surface area contributed by atoms with Crippen molar-refractivity contribution >= 4 is 33.4 Å². The van der Waals surface area contributed by atoms with Gasteiger partial charge in [-0.05, 0) is 52.9 Å². The van der Waals surface area contributed by atoms with Crippen LogP contribution in [0.1, 0.15) is 25.3 Å². The van der Waals surface area contributed by atoms with Gasteiger partial charge in [0.2, 0.25) is 5.91 Å². The Kier molecular flexibility index (Phi) is 4.09. The third-order valence-electron chi connectivity index (χ3n) is 3.37. The van der Waals surface area contributed by atoms with Gasteiger partial charge in [0, 0.05) is 16.0 Å². The zero-order valence-corrected chi connectivity index (χ0v) is 12.1. The number of nitrogens with zero attached hydrogens (tertiary/aromatic N) is 1. The summed E-state index contributed by atoms with van der Waals surface area (Å²) in [4.78, 5) is 12.0. The lowest BCUT2D eigenvalue weighted by Crippen LogP contribution is -2.22. The van der Waals surface area contributed by atoms with Crippen LogP contribution in [0.25, 0.3) is 0 Å². The maximum Gasteiger partial charge on any atom is 0.227 e. The van der Waals surface area contributed by atoms with E-state index in [1.54, 1.807) is 18.2 Å². The molecule has 1 amide bonds.